The molecule has 1 N–H and O–H groups in total. The van der Waals surface area contributed by atoms with Crippen LogP contribution in [0.5, 0.6) is 0 Å². The first-order valence-corrected chi connectivity index (χ1v) is 6.24. The molecule has 0 radical (unpaired) electrons. The highest BCUT2D eigenvalue weighted by Crippen LogP contribution is 2.19. The molecular weight excluding hydrogens is 286 g/mol. The van der Waals surface area contributed by atoms with Gasteiger partial charge in [0.2, 0.25) is 0 Å². The lowest BCUT2D eigenvalue weighted by Crippen LogP contribution is -2.32. The minimum absolute atomic E-state index is 0.144. The van der Waals surface area contributed by atoms with Crippen LogP contribution >= 0.6 is 15.9 Å². The van der Waals surface area contributed by atoms with Gasteiger partial charge in [-0.2, -0.15) is 5.10 Å². The van der Waals surface area contributed by atoms with Gasteiger partial charge in [0.05, 0.1) is 24.5 Å². The number of methoxy groups -OCH3 is 1. The molecule has 1 rings (SSSR count). The van der Waals surface area contributed by atoms with Gasteiger partial charge in [0.1, 0.15) is 4.47 Å². The molecule has 1 aromatic rings. The summed E-state index contributed by atoms with van der Waals surface area (Å²) in [5.41, 5.74) is 0.541. The van der Waals surface area contributed by atoms with E-state index in [1.165, 1.54) is 4.68 Å². The van der Waals surface area contributed by atoms with E-state index in [2.05, 4.69) is 40.2 Å². The van der Waals surface area contributed by atoms with Crippen molar-refractivity contribution in [3.63, 3.8) is 0 Å². The molecule has 6 heteroatoms. The first-order chi connectivity index (χ1) is 7.97. The molecule has 0 saturated carbocycles. The van der Waals surface area contributed by atoms with E-state index < -0.39 is 0 Å². The largest absolute Gasteiger partial charge is 0.383 e. The Morgan fingerprint density at radius 1 is 1.59 bits per heavy atom. The number of aryl methyl sites for hydroxylation is 1. The molecule has 0 amide bonds. The van der Waals surface area contributed by atoms with Crippen molar-refractivity contribution in [1.82, 2.24) is 9.78 Å². The van der Waals surface area contributed by atoms with Crippen molar-refractivity contribution in [2.45, 2.75) is 19.9 Å². The van der Waals surface area contributed by atoms with Crippen molar-refractivity contribution < 1.29 is 4.74 Å². The van der Waals surface area contributed by atoms with Gasteiger partial charge in [0, 0.05) is 14.2 Å². The van der Waals surface area contributed by atoms with Gasteiger partial charge in [-0.25, -0.2) is 4.68 Å². The molecule has 1 unspecified atom stereocenters. The van der Waals surface area contributed by atoms with Gasteiger partial charge in [-0.1, -0.05) is 13.8 Å². The maximum absolute atomic E-state index is 11.7. The second-order valence-electron chi connectivity index (χ2n) is 4.25. The minimum atomic E-state index is -0.157. The SMILES string of the molecule is COCC(Nc1cnn(C)c(=O)c1Br)C(C)C. The van der Waals surface area contributed by atoms with Crippen LogP contribution in [0.25, 0.3) is 0 Å². The molecule has 1 aromatic heterocycles. The highest BCUT2D eigenvalue weighted by atomic mass is 79.9. The highest BCUT2D eigenvalue weighted by molar-refractivity contribution is 9.10. The number of halogens is 1. The topological polar surface area (TPSA) is 56.1 Å². The number of aromatic nitrogens is 2. The Morgan fingerprint density at radius 2 is 2.24 bits per heavy atom. The molecule has 0 spiro atoms. The van der Waals surface area contributed by atoms with Gasteiger partial charge in [-0.05, 0) is 21.8 Å². The fourth-order valence-corrected chi connectivity index (χ4v) is 1.86. The first kappa shape index (κ1) is 14.2. The van der Waals surface area contributed by atoms with Crippen molar-refractivity contribution in [2.24, 2.45) is 13.0 Å². The zero-order valence-electron chi connectivity index (χ0n) is 10.5. The third-order valence-electron chi connectivity index (χ3n) is 2.57. The summed E-state index contributed by atoms with van der Waals surface area (Å²) in [4.78, 5) is 11.7. The summed E-state index contributed by atoms with van der Waals surface area (Å²) >= 11 is 3.28. The fourth-order valence-electron chi connectivity index (χ4n) is 1.39. The third kappa shape index (κ3) is 3.54. The van der Waals surface area contributed by atoms with E-state index in [0.717, 1.165) is 0 Å². The highest BCUT2D eigenvalue weighted by Gasteiger charge is 2.15. The standard InChI is InChI=1S/C11H18BrN3O2/c1-7(2)9(6-17-4)14-8-5-13-15(3)11(16)10(8)12/h5,7,9,14H,6H2,1-4H3. The van der Waals surface area contributed by atoms with Gasteiger partial charge in [-0.15, -0.1) is 0 Å². The average molecular weight is 304 g/mol. The molecule has 0 aliphatic rings. The van der Waals surface area contributed by atoms with Crippen molar-refractivity contribution >= 4 is 21.6 Å². The Morgan fingerprint density at radius 3 is 2.76 bits per heavy atom. The number of hydrogen-bond donors (Lipinski definition) is 1. The first-order valence-electron chi connectivity index (χ1n) is 5.44. The smallest absolute Gasteiger partial charge is 0.282 e. The molecule has 0 fully saturated rings. The Bertz CT molecular complexity index is 431. The van der Waals surface area contributed by atoms with Crippen LogP contribution in [0.1, 0.15) is 13.8 Å². The van der Waals surface area contributed by atoms with Gasteiger partial charge in [0.25, 0.3) is 5.56 Å². The maximum atomic E-state index is 11.7. The third-order valence-corrected chi connectivity index (χ3v) is 3.34. The van der Waals surface area contributed by atoms with E-state index in [4.69, 9.17) is 4.74 Å². The predicted octanol–water partition coefficient (Wildman–Crippen LogP) is 1.63. The summed E-state index contributed by atoms with van der Waals surface area (Å²) in [7, 11) is 3.28. The van der Waals surface area contributed by atoms with Gasteiger partial charge < -0.3 is 10.1 Å². The number of anilines is 1. The van der Waals surface area contributed by atoms with Crippen molar-refractivity contribution in [2.75, 3.05) is 19.0 Å². The van der Waals surface area contributed by atoms with Crippen LogP contribution in [0.3, 0.4) is 0 Å². The van der Waals surface area contributed by atoms with E-state index >= 15 is 0 Å². The zero-order chi connectivity index (χ0) is 13.0. The molecule has 1 atom stereocenters. The van der Waals surface area contributed by atoms with E-state index in [-0.39, 0.29) is 11.6 Å². The van der Waals surface area contributed by atoms with Gasteiger partial charge in [0.15, 0.2) is 0 Å². The van der Waals surface area contributed by atoms with E-state index in [0.29, 0.717) is 22.7 Å². The Kier molecular flexibility index (Phi) is 5.14. The number of ether oxygens (including phenoxy) is 1. The number of hydrogen-bond acceptors (Lipinski definition) is 4. The summed E-state index contributed by atoms with van der Waals surface area (Å²) in [5.74, 6) is 0.394. The molecule has 0 aliphatic heterocycles. The molecule has 0 aromatic carbocycles. The second kappa shape index (κ2) is 6.16. The molecule has 0 saturated heterocycles. The van der Waals surface area contributed by atoms with E-state index in [1.807, 2.05) is 0 Å². The van der Waals surface area contributed by atoms with Gasteiger partial charge in [-0.3, -0.25) is 4.79 Å². The summed E-state index contributed by atoms with van der Waals surface area (Å²) in [6, 6.07) is 0.144. The second-order valence-corrected chi connectivity index (χ2v) is 5.04. The number of nitrogens with one attached hydrogen (secondary N) is 1. The molecular formula is C11H18BrN3O2. The molecule has 1 heterocycles. The van der Waals surface area contributed by atoms with Crippen molar-refractivity contribution in [1.29, 1.82) is 0 Å². The predicted molar refractivity (Wildman–Crippen MR) is 71.3 cm³/mol. The van der Waals surface area contributed by atoms with Crippen LogP contribution in [0, 0.1) is 5.92 Å². The molecule has 96 valence electrons. The monoisotopic (exact) mass is 303 g/mol. The molecule has 5 nitrogen and oxygen atoms in total. The average Bonchev–Trinajstić information content (AvgIpc) is 2.28. The van der Waals surface area contributed by atoms with E-state index in [1.54, 1.807) is 20.4 Å². The normalized spacial score (nSPS) is 12.8. The van der Waals surface area contributed by atoms with Crippen LogP contribution in [0.4, 0.5) is 5.69 Å². The summed E-state index contributed by atoms with van der Waals surface area (Å²) in [6.45, 7) is 4.78. The number of nitrogens with zero attached hydrogens (tertiary/aromatic N) is 2. The quantitative estimate of drug-likeness (QED) is 0.898. The Balaban J connectivity index is 2.94. The van der Waals surface area contributed by atoms with Crippen LogP contribution in [-0.2, 0) is 11.8 Å². The summed E-state index contributed by atoms with van der Waals surface area (Å²) in [5, 5.41) is 7.25. The summed E-state index contributed by atoms with van der Waals surface area (Å²) in [6.07, 6.45) is 1.64. The van der Waals surface area contributed by atoms with Crippen LogP contribution in [0.15, 0.2) is 15.5 Å². The molecule has 17 heavy (non-hydrogen) atoms. The van der Waals surface area contributed by atoms with Crippen molar-refractivity contribution in [3.8, 4) is 0 Å². The lowest BCUT2D eigenvalue weighted by Gasteiger charge is -2.23. The van der Waals surface area contributed by atoms with Gasteiger partial charge >= 0.3 is 0 Å². The lowest BCUT2D eigenvalue weighted by molar-refractivity contribution is 0.171. The van der Waals surface area contributed by atoms with Crippen molar-refractivity contribution in [3.05, 3.63) is 21.0 Å². The maximum Gasteiger partial charge on any atom is 0.282 e. The van der Waals surface area contributed by atoms with E-state index in [9.17, 15) is 4.79 Å². The minimum Gasteiger partial charge on any atom is -0.383 e. The summed E-state index contributed by atoms with van der Waals surface area (Å²) < 4.78 is 6.93. The zero-order valence-corrected chi connectivity index (χ0v) is 12.1. The molecule has 0 bridgehead atoms. The Labute approximate surface area is 109 Å². The van der Waals surface area contributed by atoms with Crippen LogP contribution < -0.4 is 10.9 Å². The van der Waals surface area contributed by atoms with Crippen LogP contribution in [-0.4, -0.2) is 29.5 Å². The fraction of sp³-hybridized carbons (Fsp3) is 0.636. The number of rotatable bonds is 5. The Hall–Kier alpha value is -0.880. The lowest BCUT2D eigenvalue weighted by atomic mass is 10.1. The molecule has 0 aliphatic carbocycles. The van der Waals surface area contributed by atoms with Crippen LogP contribution in [0.2, 0.25) is 0 Å².